The first kappa shape index (κ1) is 29.9. The van der Waals surface area contributed by atoms with Crippen molar-refractivity contribution >= 4 is 27.5 Å². The number of aryl methyl sites for hydroxylation is 2. The molecule has 1 atom stereocenters. The summed E-state index contributed by atoms with van der Waals surface area (Å²) in [5, 5.41) is 2.98. The molecule has 0 aliphatic heterocycles. The zero-order chi connectivity index (χ0) is 28.8. The number of hydrogen-bond donors (Lipinski definition) is 1. The van der Waals surface area contributed by atoms with Crippen molar-refractivity contribution in [2.45, 2.75) is 71.0 Å². The van der Waals surface area contributed by atoms with Crippen molar-refractivity contribution < 1.29 is 18.0 Å². The second-order valence-corrected chi connectivity index (χ2v) is 12.6. The van der Waals surface area contributed by atoms with E-state index in [1.54, 1.807) is 24.3 Å². The van der Waals surface area contributed by atoms with Crippen LogP contribution in [0.5, 0.6) is 0 Å². The number of nitrogens with zero attached hydrogens (tertiary/aromatic N) is 2. The van der Waals surface area contributed by atoms with Gasteiger partial charge in [-0.2, -0.15) is 0 Å². The van der Waals surface area contributed by atoms with Crippen LogP contribution in [-0.2, 0) is 26.2 Å². The lowest BCUT2D eigenvalue weighted by molar-refractivity contribution is -0.141. The maximum atomic E-state index is 14.1. The van der Waals surface area contributed by atoms with Gasteiger partial charge in [-0.25, -0.2) is 8.42 Å². The molecule has 0 saturated carbocycles. The fourth-order valence-corrected chi connectivity index (χ4v) is 5.87. The molecule has 2 amide bonds. The molecule has 0 saturated heterocycles. The van der Waals surface area contributed by atoms with Crippen molar-refractivity contribution in [3.63, 3.8) is 0 Å². The van der Waals surface area contributed by atoms with E-state index >= 15 is 0 Å². The van der Waals surface area contributed by atoms with Gasteiger partial charge < -0.3 is 10.2 Å². The normalized spacial score (nSPS) is 12.5. The average Bonchev–Trinajstić information content (AvgIpc) is 2.88. The summed E-state index contributed by atoms with van der Waals surface area (Å²) in [5.74, 6) is -0.742. The highest BCUT2D eigenvalue weighted by molar-refractivity contribution is 7.92. The first-order valence-corrected chi connectivity index (χ1v) is 14.6. The van der Waals surface area contributed by atoms with Gasteiger partial charge in [-0.05, 0) is 75.9 Å². The first-order valence-electron chi connectivity index (χ1n) is 13.1. The van der Waals surface area contributed by atoms with Crippen LogP contribution >= 0.6 is 0 Å². The Morgan fingerprint density at radius 2 is 1.49 bits per heavy atom. The van der Waals surface area contributed by atoms with Gasteiger partial charge in [0.1, 0.15) is 12.6 Å². The molecule has 0 spiro atoms. The first-order chi connectivity index (χ1) is 18.3. The number of carbonyl (C=O) groups excluding carboxylic acids is 2. The molecule has 0 aliphatic rings. The maximum absolute atomic E-state index is 14.1. The van der Waals surface area contributed by atoms with Gasteiger partial charge in [0.15, 0.2) is 0 Å². The van der Waals surface area contributed by atoms with Gasteiger partial charge in [-0.15, -0.1) is 0 Å². The van der Waals surface area contributed by atoms with Gasteiger partial charge in [0, 0.05) is 12.1 Å². The summed E-state index contributed by atoms with van der Waals surface area (Å²) in [4.78, 5) is 29.1. The Hall–Kier alpha value is -3.65. The number of sulfonamides is 1. The van der Waals surface area contributed by atoms with E-state index in [9.17, 15) is 18.0 Å². The molecule has 8 heteroatoms. The Bertz CT molecular complexity index is 1380. The van der Waals surface area contributed by atoms with E-state index in [0.717, 1.165) is 16.7 Å². The van der Waals surface area contributed by atoms with E-state index in [1.165, 1.54) is 21.3 Å². The number of nitrogens with one attached hydrogen (secondary N) is 1. The third kappa shape index (κ3) is 7.69. The van der Waals surface area contributed by atoms with E-state index in [2.05, 4.69) is 5.32 Å². The molecule has 0 aliphatic carbocycles. The summed E-state index contributed by atoms with van der Waals surface area (Å²) in [7, 11) is -4.09. The van der Waals surface area contributed by atoms with Gasteiger partial charge in [0.2, 0.25) is 11.8 Å². The van der Waals surface area contributed by atoms with Gasteiger partial charge in [-0.1, -0.05) is 67.6 Å². The van der Waals surface area contributed by atoms with Crippen LogP contribution in [0.1, 0.15) is 50.8 Å². The van der Waals surface area contributed by atoms with Crippen LogP contribution in [0.25, 0.3) is 0 Å². The Kier molecular flexibility index (Phi) is 9.56. The lowest BCUT2D eigenvalue weighted by Gasteiger charge is -2.35. The van der Waals surface area contributed by atoms with Gasteiger partial charge in [0.05, 0.1) is 10.6 Å². The molecule has 39 heavy (non-hydrogen) atoms. The zero-order valence-corrected chi connectivity index (χ0v) is 24.5. The molecule has 3 aromatic rings. The summed E-state index contributed by atoms with van der Waals surface area (Å²) in [6.45, 7) is 10.9. The molecule has 208 valence electrons. The lowest BCUT2D eigenvalue weighted by atomic mass is 10.1. The SMILES string of the molecule is CCC(C(=O)NC(C)(C)C)N(Cc1ccccc1)C(=O)CN(c1cc(C)ccc1C)S(=O)(=O)c1ccccc1. The van der Waals surface area contributed by atoms with Gasteiger partial charge >= 0.3 is 0 Å². The minimum Gasteiger partial charge on any atom is -0.350 e. The largest absolute Gasteiger partial charge is 0.350 e. The quantitative estimate of drug-likeness (QED) is 0.376. The summed E-state index contributed by atoms with van der Waals surface area (Å²) in [6, 6.07) is 22.2. The van der Waals surface area contributed by atoms with Crippen molar-refractivity contribution in [3.8, 4) is 0 Å². The molecule has 3 aromatic carbocycles. The van der Waals surface area contributed by atoms with Crippen LogP contribution in [-0.4, -0.2) is 43.3 Å². The van der Waals surface area contributed by atoms with Crippen molar-refractivity contribution in [1.29, 1.82) is 0 Å². The molecular weight excluding hydrogens is 510 g/mol. The summed E-state index contributed by atoms with van der Waals surface area (Å²) in [6.07, 6.45) is 0.370. The highest BCUT2D eigenvalue weighted by atomic mass is 32.2. The van der Waals surface area contributed by atoms with Crippen LogP contribution in [0.2, 0.25) is 0 Å². The standard InChI is InChI=1S/C31H39N3O4S/c1-7-27(30(36)32-31(4,5)6)33(21-25-14-10-8-11-15-25)29(35)22-34(28-20-23(2)18-19-24(28)3)39(37,38)26-16-12-9-13-17-26/h8-20,27H,7,21-22H2,1-6H3,(H,32,36). The Balaban J connectivity index is 2.09. The molecule has 0 radical (unpaired) electrons. The minimum atomic E-state index is -4.09. The summed E-state index contributed by atoms with van der Waals surface area (Å²) >= 11 is 0. The highest BCUT2D eigenvalue weighted by Crippen LogP contribution is 2.28. The smallest absolute Gasteiger partial charge is 0.264 e. The molecule has 7 nitrogen and oxygen atoms in total. The van der Waals surface area contributed by atoms with Crippen molar-refractivity contribution in [2.75, 3.05) is 10.8 Å². The van der Waals surface area contributed by atoms with E-state index < -0.39 is 34.1 Å². The van der Waals surface area contributed by atoms with Crippen molar-refractivity contribution in [1.82, 2.24) is 10.2 Å². The van der Waals surface area contributed by atoms with Gasteiger partial charge in [0.25, 0.3) is 10.0 Å². The number of amides is 2. The predicted molar refractivity (Wildman–Crippen MR) is 156 cm³/mol. The lowest BCUT2D eigenvalue weighted by Crippen LogP contribution is -2.55. The zero-order valence-electron chi connectivity index (χ0n) is 23.6. The molecule has 3 rings (SSSR count). The predicted octanol–water partition coefficient (Wildman–Crippen LogP) is 5.22. The fourth-order valence-electron chi connectivity index (χ4n) is 4.37. The number of carbonyl (C=O) groups is 2. The van der Waals surface area contributed by atoms with Crippen molar-refractivity contribution in [2.24, 2.45) is 0 Å². The Morgan fingerprint density at radius 1 is 0.897 bits per heavy atom. The molecule has 0 aromatic heterocycles. The number of anilines is 1. The van der Waals surface area contributed by atoms with Crippen LogP contribution in [0, 0.1) is 13.8 Å². The monoisotopic (exact) mass is 549 g/mol. The molecule has 1 N–H and O–H groups in total. The van der Waals surface area contributed by atoms with E-state index in [4.69, 9.17) is 0 Å². The van der Waals surface area contributed by atoms with Crippen molar-refractivity contribution in [3.05, 3.63) is 95.6 Å². The summed E-state index contributed by atoms with van der Waals surface area (Å²) < 4.78 is 29.1. The number of benzene rings is 3. The third-order valence-corrected chi connectivity index (χ3v) is 8.10. The molecular formula is C31H39N3O4S. The Morgan fingerprint density at radius 3 is 2.05 bits per heavy atom. The van der Waals surface area contributed by atoms with Crippen LogP contribution in [0.3, 0.4) is 0 Å². The second kappa shape index (κ2) is 12.5. The third-order valence-electron chi connectivity index (χ3n) is 6.32. The average molecular weight is 550 g/mol. The van der Waals surface area contributed by atoms with E-state index in [-0.39, 0.29) is 17.3 Å². The fraction of sp³-hybridized carbons (Fsp3) is 0.355. The second-order valence-electron chi connectivity index (χ2n) is 10.8. The molecule has 0 heterocycles. The van der Waals surface area contributed by atoms with Gasteiger partial charge in [-0.3, -0.25) is 13.9 Å². The van der Waals surface area contributed by atoms with E-state index in [0.29, 0.717) is 12.1 Å². The summed E-state index contributed by atoms with van der Waals surface area (Å²) in [5.41, 5.74) is 2.37. The topological polar surface area (TPSA) is 86.8 Å². The minimum absolute atomic E-state index is 0.0887. The number of hydrogen-bond acceptors (Lipinski definition) is 4. The maximum Gasteiger partial charge on any atom is 0.264 e. The molecule has 0 fully saturated rings. The van der Waals surface area contributed by atoms with Crippen LogP contribution < -0.4 is 9.62 Å². The van der Waals surface area contributed by atoms with Crippen LogP contribution in [0.4, 0.5) is 5.69 Å². The highest BCUT2D eigenvalue weighted by Gasteiger charge is 2.35. The Labute approximate surface area is 232 Å². The molecule has 0 bridgehead atoms. The number of rotatable bonds is 10. The van der Waals surface area contributed by atoms with Crippen LogP contribution in [0.15, 0.2) is 83.8 Å². The van der Waals surface area contributed by atoms with E-state index in [1.807, 2.05) is 84.0 Å². The molecule has 1 unspecified atom stereocenters.